The highest BCUT2D eigenvalue weighted by Crippen LogP contribution is 2.34. The molecule has 0 spiro atoms. The lowest BCUT2D eigenvalue weighted by Crippen LogP contribution is -2.37. The molecule has 1 fully saturated rings. The van der Waals surface area contributed by atoms with Crippen LogP contribution in [0.25, 0.3) is 0 Å². The van der Waals surface area contributed by atoms with Crippen LogP contribution >= 0.6 is 11.6 Å². The van der Waals surface area contributed by atoms with Gasteiger partial charge in [-0.1, -0.05) is 37.9 Å². The molecule has 2 nitrogen and oxygen atoms in total. The number of halogens is 1. The molecular weight excluding hydrogens is 232 g/mol. The van der Waals surface area contributed by atoms with Crippen molar-refractivity contribution in [2.24, 2.45) is 5.41 Å². The fourth-order valence-corrected chi connectivity index (χ4v) is 2.47. The lowest BCUT2D eigenvalue weighted by Gasteiger charge is -2.38. The Hall–Kier alpha value is -0.600. The molecule has 0 radical (unpaired) electrons. The van der Waals surface area contributed by atoms with Crippen LogP contribution in [0.5, 0.6) is 0 Å². The Labute approximate surface area is 109 Å². The highest BCUT2D eigenvalue weighted by Gasteiger charge is 2.27. The Morgan fingerprint density at radius 1 is 1.35 bits per heavy atom. The molecule has 1 saturated heterocycles. The van der Waals surface area contributed by atoms with Gasteiger partial charge in [-0.3, -0.25) is 4.90 Å². The zero-order valence-electron chi connectivity index (χ0n) is 10.7. The second-order valence-electron chi connectivity index (χ2n) is 5.43. The second-order valence-corrected chi connectivity index (χ2v) is 5.82. The minimum absolute atomic E-state index is 0.564. The molecule has 0 bridgehead atoms. The normalized spacial score (nSPS) is 20.4. The number of hydrogen-bond donors (Lipinski definition) is 0. The second kappa shape index (κ2) is 5.36. The van der Waals surface area contributed by atoms with Crippen LogP contribution in [0.1, 0.15) is 38.7 Å². The van der Waals surface area contributed by atoms with E-state index in [9.17, 15) is 0 Å². The first-order valence-corrected chi connectivity index (χ1v) is 6.82. The molecule has 3 heteroatoms. The summed E-state index contributed by atoms with van der Waals surface area (Å²) in [6.07, 6.45) is 5.80. The third-order valence-corrected chi connectivity index (χ3v) is 4.34. The molecule has 0 unspecified atom stereocenters. The van der Waals surface area contributed by atoms with E-state index in [1.165, 1.54) is 37.9 Å². The molecule has 1 aromatic heterocycles. The van der Waals surface area contributed by atoms with E-state index in [1.54, 1.807) is 0 Å². The summed E-state index contributed by atoms with van der Waals surface area (Å²) in [5, 5.41) is 0.575. The van der Waals surface area contributed by atoms with Crippen molar-refractivity contribution in [2.75, 3.05) is 13.1 Å². The van der Waals surface area contributed by atoms with Gasteiger partial charge in [0.15, 0.2) is 0 Å². The number of pyridine rings is 1. The summed E-state index contributed by atoms with van der Waals surface area (Å²) in [5.74, 6) is 0. The number of piperidine rings is 1. The van der Waals surface area contributed by atoms with Gasteiger partial charge in [-0.2, -0.15) is 0 Å². The average molecular weight is 253 g/mol. The Balaban J connectivity index is 1.88. The van der Waals surface area contributed by atoms with Gasteiger partial charge in [0.25, 0.3) is 0 Å². The molecule has 1 aliphatic heterocycles. The van der Waals surface area contributed by atoms with Gasteiger partial charge in [-0.15, -0.1) is 0 Å². The summed E-state index contributed by atoms with van der Waals surface area (Å²) in [5.41, 5.74) is 1.82. The fraction of sp³-hybridized carbons (Fsp3) is 0.643. The van der Waals surface area contributed by atoms with E-state index in [4.69, 9.17) is 11.6 Å². The van der Waals surface area contributed by atoms with E-state index in [2.05, 4.69) is 29.8 Å². The summed E-state index contributed by atoms with van der Waals surface area (Å²) in [6, 6.07) is 3.94. The smallest absolute Gasteiger partial charge is 0.129 e. The van der Waals surface area contributed by atoms with Crippen LogP contribution in [0, 0.1) is 5.41 Å². The zero-order valence-corrected chi connectivity index (χ0v) is 11.5. The van der Waals surface area contributed by atoms with Crippen LogP contribution in [0.4, 0.5) is 0 Å². The number of hydrogen-bond acceptors (Lipinski definition) is 2. The van der Waals surface area contributed by atoms with Gasteiger partial charge in [-0.25, -0.2) is 4.98 Å². The largest absolute Gasteiger partial charge is 0.299 e. The summed E-state index contributed by atoms with van der Waals surface area (Å²) in [4.78, 5) is 6.64. The van der Waals surface area contributed by atoms with E-state index in [0.717, 1.165) is 6.54 Å². The van der Waals surface area contributed by atoms with E-state index in [-0.39, 0.29) is 0 Å². The molecule has 0 N–H and O–H groups in total. The Morgan fingerprint density at radius 3 is 2.59 bits per heavy atom. The maximum atomic E-state index is 5.79. The van der Waals surface area contributed by atoms with Crippen molar-refractivity contribution < 1.29 is 0 Å². The fourth-order valence-electron chi connectivity index (χ4n) is 2.36. The molecule has 0 atom stereocenters. The highest BCUT2D eigenvalue weighted by atomic mass is 35.5. The topological polar surface area (TPSA) is 16.1 Å². The van der Waals surface area contributed by atoms with Crippen LogP contribution in [-0.2, 0) is 6.54 Å². The van der Waals surface area contributed by atoms with Gasteiger partial charge >= 0.3 is 0 Å². The number of aromatic nitrogens is 1. The maximum Gasteiger partial charge on any atom is 0.129 e. The molecule has 0 aliphatic carbocycles. The summed E-state index contributed by atoms with van der Waals surface area (Å²) in [6.45, 7) is 8.12. The van der Waals surface area contributed by atoms with Crippen LogP contribution < -0.4 is 0 Å². The van der Waals surface area contributed by atoms with Crippen molar-refractivity contribution in [3.63, 3.8) is 0 Å². The molecular formula is C14H21ClN2. The van der Waals surface area contributed by atoms with Crippen LogP contribution in [0.2, 0.25) is 5.15 Å². The first-order valence-electron chi connectivity index (χ1n) is 6.44. The van der Waals surface area contributed by atoms with Gasteiger partial charge in [0.2, 0.25) is 0 Å². The van der Waals surface area contributed by atoms with Crippen LogP contribution in [-0.4, -0.2) is 23.0 Å². The van der Waals surface area contributed by atoms with Gasteiger partial charge < -0.3 is 0 Å². The van der Waals surface area contributed by atoms with Crippen molar-refractivity contribution in [1.82, 2.24) is 9.88 Å². The quantitative estimate of drug-likeness (QED) is 0.762. The molecule has 94 valence electrons. The third kappa shape index (κ3) is 3.43. The lowest BCUT2D eigenvalue weighted by atomic mass is 9.78. The minimum Gasteiger partial charge on any atom is -0.299 e. The molecule has 0 aromatic carbocycles. The van der Waals surface area contributed by atoms with Gasteiger partial charge in [0, 0.05) is 12.7 Å². The van der Waals surface area contributed by atoms with Crippen molar-refractivity contribution in [1.29, 1.82) is 0 Å². The molecule has 17 heavy (non-hydrogen) atoms. The molecule has 2 heterocycles. The van der Waals surface area contributed by atoms with Gasteiger partial charge in [0.1, 0.15) is 5.15 Å². The van der Waals surface area contributed by atoms with Gasteiger partial charge in [-0.05, 0) is 43.0 Å². The zero-order chi connectivity index (χ0) is 12.3. The molecule has 0 amide bonds. The summed E-state index contributed by atoms with van der Waals surface area (Å²) < 4.78 is 0. The molecule has 1 aromatic rings. The van der Waals surface area contributed by atoms with Crippen molar-refractivity contribution in [2.45, 2.75) is 39.7 Å². The van der Waals surface area contributed by atoms with E-state index in [1.807, 2.05) is 12.3 Å². The minimum atomic E-state index is 0.564. The van der Waals surface area contributed by atoms with Gasteiger partial charge in [0.05, 0.1) is 0 Å². The predicted molar refractivity (Wildman–Crippen MR) is 72.2 cm³/mol. The number of likely N-dealkylation sites (tertiary alicyclic amines) is 1. The van der Waals surface area contributed by atoms with Crippen molar-refractivity contribution in [3.05, 3.63) is 29.0 Å². The summed E-state index contributed by atoms with van der Waals surface area (Å²) >= 11 is 5.79. The van der Waals surface area contributed by atoms with E-state index in [0.29, 0.717) is 10.6 Å². The first kappa shape index (κ1) is 12.8. The predicted octanol–water partition coefficient (Wildman–Crippen LogP) is 3.75. The van der Waals surface area contributed by atoms with Crippen LogP contribution in [0.3, 0.4) is 0 Å². The maximum absolute atomic E-state index is 5.79. The Kier molecular flexibility index (Phi) is 4.05. The Morgan fingerprint density at radius 2 is 2.06 bits per heavy atom. The first-order chi connectivity index (χ1) is 8.11. The lowest BCUT2D eigenvalue weighted by molar-refractivity contribution is 0.109. The van der Waals surface area contributed by atoms with Crippen LogP contribution in [0.15, 0.2) is 18.3 Å². The Bertz CT molecular complexity index is 353. The number of nitrogens with zero attached hydrogens (tertiary/aromatic N) is 2. The van der Waals surface area contributed by atoms with E-state index < -0.39 is 0 Å². The molecule has 0 saturated carbocycles. The monoisotopic (exact) mass is 252 g/mol. The molecule has 1 aliphatic rings. The summed E-state index contributed by atoms with van der Waals surface area (Å²) in [7, 11) is 0. The van der Waals surface area contributed by atoms with Crippen molar-refractivity contribution in [3.8, 4) is 0 Å². The average Bonchev–Trinajstić information content (AvgIpc) is 2.35. The number of rotatable bonds is 3. The SMILES string of the molecule is CCC1(C)CCN(Cc2ccc(Cl)nc2)CC1. The standard InChI is InChI=1S/C14H21ClN2/c1-3-14(2)6-8-17(9-7-14)11-12-4-5-13(15)16-10-12/h4-5,10H,3,6-9,11H2,1-2H3. The molecule has 2 rings (SSSR count). The highest BCUT2D eigenvalue weighted by molar-refractivity contribution is 6.29. The third-order valence-electron chi connectivity index (χ3n) is 4.11. The van der Waals surface area contributed by atoms with Crippen molar-refractivity contribution >= 4 is 11.6 Å². The van der Waals surface area contributed by atoms with E-state index >= 15 is 0 Å².